The highest BCUT2D eigenvalue weighted by atomic mass is 16.5. The summed E-state index contributed by atoms with van der Waals surface area (Å²) in [4.78, 5) is 23.5. The maximum Gasteiger partial charge on any atom is 0.316 e. The Morgan fingerprint density at radius 3 is 2.41 bits per heavy atom. The standard InChI is InChI=1S/C24H29N5O5/c1-5-15-12-25-24(26-13-15)34-17-7-6-8-29(14-17)23(30)19-11-18(27-28-19)16-9-20(31-2)22(33-4)21(10-16)32-3/h9-13,17H,5-8,14H2,1-4H3,(H,27,28). The molecule has 0 bridgehead atoms. The number of aromatic amines is 1. The smallest absolute Gasteiger partial charge is 0.316 e. The molecule has 1 aliphatic rings. The van der Waals surface area contributed by atoms with Crippen molar-refractivity contribution in [2.45, 2.75) is 32.3 Å². The number of aryl methyl sites for hydroxylation is 1. The van der Waals surface area contributed by atoms with Crippen LogP contribution in [0.2, 0.25) is 0 Å². The van der Waals surface area contributed by atoms with E-state index < -0.39 is 0 Å². The summed E-state index contributed by atoms with van der Waals surface area (Å²) >= 11 is 0. The van der Waals surface area contributed by atoms with Crippen LogP contribution in [-0.4, -0.2) is 71.5 Å². The predicted octanol–water partition coefficient (Wildman–Crippen LogP) is 3.14. The molecule has 1 aliphatic heterocycles. The Hall–Kier alpha value is -3.82. The number of aromatic nitrogens is 4. The molecule has 1 amide bonds. The van der Waals surface area contributed by atoms with Gasteiger partial charge >= 0.3 is 6.01 Å². The van der Waals surface area contributed by atoms with Crippen LogP contribution < -0.4 is 18.9 Å². The Balaban J connectivity index is 1.47. The molecule has 4 rings (SSSR count). The van der Waals surface area contributed by atoms with E-state index in [0.29, 0.717) is 47.7 Å². The highest BCUT2D eigenvalue weighted by Gasteiger charge is 2.27. The number of hydrogen-bond donors (Lipinski definition) is 1. The highest BCUT2D eigenvalue weighted by molar-refractivity contribution is 5.93. The molecule has 0 saturated carbocycles. The first-order valence-corrected chi connectivity index (χ1v) is 11.2. The minimum atomic E-state index is -0.164. The van der Waals surface area contributed by atoms with Crippen LogP contribution in [-0.2, 0) is 6.42 Å². The molecule has 1 atom stereocenters. The Kier molecular flexibility index (Phi) is 7.15. The zero-order valence-electron chi connectivity index (χ0n) is 19.8. The van der Waals surface area contributed by atoms with Crippen molar-refractivity contribution in [3.63, 3.8) is 0 Å². The van der Waals surface area contributed by atoms with Crippen molar-refractivity contribution in [3.05, 3.63) is 41.9 Å². The third-order valence-electron chi connectivity index (χ3n) is 5.80. The summed E-state index contributed by atoms with van der Waals surface area (Å²) < 4.78 is 22.2. The van der Waals surface area contributed by atoms with E-state index in [9.17, 15) is 4.79 Å². The van der Waals surface area contributed by atoms with Crippen molar-refractivity contribution in [2.75, 3.05) is 34.4 Å². The quantitative estimate of drug-likeness (QED) is 0.538. The van der Waals surface area contributed by atoms with Crippen molar-refractivity contribution in [1.29, 1.82) is 0 Å². The van der Waals surface area contributed by atoms with Crippen LogP contribution in [0.4, 0.5) is 0 Å². The number of H-pyrrole nitrogens is 1. The number of carbonyl (C=O) groups is 1. The van der Waals surface area contributed by atoms with Gasteiger partial charge in [0.15, 0.2) is 11.5 Å². The fraction of sp³-hybridized carbons (Fsp3) is 0.417. The van der Waals surface area contributed by atoms with E-state index in [-0.39, 0.29) is 12.0 Å². The molecule has 1 fully saturated rings. The van der Waals surface area contributed by atoms with Crippen LogP contribution in [0.25, 0.3) is 11.3 Å². The Morgan fingerprint density at radius 2 is 1.79 bits per heavy atom. The van der Waals surface area contributed by atoms with Crippen LogP contribution in [0, 0.1) is 0 Å². The third kappa shape index (κ3) is 4.90. The second kappa shape index (κ2) is 10.4. The molecule has 3 aromatic rings. The van der Waals surface area contributed by atoms with Gasteiger partial charge in [-0.15, -0.1) is 0 Å². The van der Waals surface area contributed by atoms with Gasteiger partial charge in [0.2, 0.25) is 5.75 Å². The summed E-state index contributed by atoms with van der Waals surface area (Å²) in [5.41, 5.74) is 2.78. The Labute approximate surface area is 198 Å². The van der Waals surface area contributed by atoms with E-state index in [4.69, 9.17) is 18.9 Å². The van der Waals surface area contributed by atoms with E-state index in [2.05, 4.69) is 20.2 Å². The summed E-state index contributed by atoms with van der Waals surface area (Å²) in [7, 11) is 4.66. The molecule has 1 N–H and O–H groups in total. The summed E-state index contributed by atoms with van der Waals surface area (Å²) in [6.07, 6.45) is 5.91. The fourth-order valence-electron chi connectivity index (χ4n) is 3.93. The topological polar surface area (TPSA) is 112 Å². The second-order valence-electron chi connectivity index (χ2n) is 7.94. The normalized spacial score (nSPS) is 15.6. The van der Waals surface area contributed by atoms with Crippen LogP contribution in [0.15, 0.2) is 30.6 Å². The van der Waals surface area contributed by atoms with E-state index >= 15 is 0 Å². The zero-order valence-corrected chi connectivity index (χ0v) is 19.8. The molecule has 1 unspecified atom stereocenters. The number of benzene rings is 1. The molecule has 10 nitrogen and oxygen atoms in total. The first-order chi connectivity index (χ1) is 16.6. The molecule has 1 saturated heterocycles. The van der Waals surface area contributed by atoms with Gasteiger partial charge in [-0.1, -0.05) is 6.92 Å². The van der Waals surface area contributed by atoms with Gasteiger partial charge in [-0.2, -0.15) is 5.10 Å². The molecular formula is C24H29N5O5. The molecule has 3 heterocycles. The predicted molar refractivity (Wildman–Crippen MR) is 125 cm³/mol. The number of methoxy groups -OCH3 is 3. The van der Waals surface area contributed by atoms with Crippen molar-refractivity contribution in [2.24, 2.45) is 0 Å². The maximum atomic E-state index is 13.2. The lowest BCUT2D eigenvalue weighted by Crippen LogP contribution is -2.44. The second-order valence-corrected chi connectivity index (χ2v) is 7.94. The fourth-order valence-corrected chi connectivity index (χ4v) is 3.93. The number of piperidine rings is 1. The van der Waals surface area contributed by atoms with Crippen LogP contribution in [0.5, 0.6) is 23.3 Å². The minimum absolute atomic E-state index is 0.137. The van der Waals surface area contributed by atoms with E-state index in [1.165, 1.54) is 0 Å². The van der Waals surface area contributed by atoms with E-state index in [0.717, 1.165) is 30.4 Å². The average Bonchev–Trinajstić information content (AvgIpc) is 3.38. The lowest BCUT2D eigenvalue weighted by atomic mass is 10.1. The SMILES string of the molecule is CCc1cnc(OC2CCCN(C(=O)c3cc(-c4cc(OC)c(OC)c(OC)c4)n[nH]3)C2)nc1. The lowest BCUT2D eigenvalue weighted by molar-refractivity contribution is 0.0510. The number of ether oxygens (including phenoxy) is 4. The van der Waals surface area contributed by atoms with Gasteiger partial charge in [-0.3, -0.25) is 9.89 Å². The molecular weight excluding hydrogens is 438 g/mol. The molecule has 0 aliphatic carbocycles. The number of amides is 1. The third-order valence-corrected chi connectivity index (χ3v) is 5.80. The van der Waals surface area contributed by atoms with Gasteiger partial charge in [-0.25, -0.2) is 9.97 Å². The number of nitrogens with zero attached hydrogens (tertiary/aromatic N) is 4. The molecule has 0 radical (unpaired) electrons. The van der Waals surface area contributed by atoms with Crippen LogP contribution >= 0.6 is 0 Å². The largest absolute Gasteiger partial charge is 0.493 e. The van der Waals surface area contributed by atoms with Crippen molar-refractivity contribution < 1.29 is 23.7 Å². The van der Waals surface area contributed by atoms with Gasteiger partial charge in [0.1, 0.15) is 11.8 Å². The van der Waals surface area contributed by atoms with Gasteiger partial charge in [-0.05, 0) is 43.0 Å². The number of nitrogens with one attached hydrogen (secondary N) is 1. The number of carbonyl (C=O) groups excluding carboxylic acids is 1. The molecule has 0 spiro atoms. The first kappa shape index (κ1) is 23.3. The summed E-state index contributed by atoms with van der Waals surface area (Å²) in [5.74, 6) is 1.38. The summed E-state index contributed by atoms with van der Waals surface area (Å²) in [6, 6.07) is 5.64. The molecule has 180 valence electrons. The number of hydrogen-bond acceptors (Lipinski definition) is 8. The van der Waals surface area contributed by atoms with Crippen molar-refractivity contribution in [3.8, 4) is 34.5 Å². The minimum Gasteiger partial charge on any atom is -0.493 e. The summed E-state index contributed by atoms with van der Waals surface area (Å²) in [5, 5.41) is 7.20. The van der Waals surface area contributed by atoms with E-state index in [1.54, 1.807) is 56.8 Å². The zero-order chi connectivity index (χ0) is 24.1. The lowest BCUT2D eigenvalue weighted by Gasteiger charge is -2.32. The van der Waals surface area contributed by atoms with Gasteiger partial charge < -0.3 is 23.8 Å². The number of rotatable bonds is 8. The monoisotopic (exact) mass is 467 g/mol. The number of likely N-dealkylation sites (tertiary alicyclic amines) is 1. The van der Waals surface area contributed by atoms with E-state index in [1.807, 2.05) is 6.92 Å². The van der Waals surface area contributed by atoms with Gasteiger partial charge in [0.25, 0.3) is 5.91 Å². The van der Waals surface area contributed by atoms with Crippen LogP contribution in [0.1, 0.15) is 35.8 Å². The molecule has 34 heavy (non-hydrogen) atoms. The maximum absolute atomic E-state index is 13.2. The van der Waals surface area contributed by atoms with Crippen LogP contribution in [0.3, 0.4) is 0 Å². The Bertz CT molecular complexity index is 1110. The first-order valence-electron chi connectivity index (χ1n) is 11.2. The molecule has 2 aromatic heterocycles. The molecule has 1 aromatic carbocycles. The van der Waals surface area contributed by atoms with Gasteiger partial charge in [0.05, 0.1) is 33.6 Å². The highest BCUT2D eigenvalue weighted by Crippen LogP contribution is 2.40. The summed E-state index contributed by atoms with van der Waals surface area (Å²) in [6.45, 7) is 3.15. The van der Waals surface area contributed by atoms with Crippen molar-refractivity contribution >= 4 is 5.91 Å². The Morgan fingerprint density at radius 1 is 1.09 bits per heavy atom. The molecule has 10 heteroatoms. The average molecular weight is 468 g/mol. The van der Waals surface area contributed by atoms with Gasteiger partial charge in [0, 0.05) is 24.5 Å². The van der Waals surface area contributed by atoms with Crippen molar-refractivity contribution in [1.82, 2.24) is 25.1 Å².